The molecule has 5 heteroatoms. The molecule has 1 amide bonds. The number of nitrogens with zero attached hydrogens (tertiary/aromatic N) is 1. The lowest BCUT2D eigenvalue weighted by Crippen LogP contribution is -2.30. The summed E-state index contributed by atoms with van der Waals surface area (Å²) in [4.78, 5) is 16.2. The first-order valence-corrected chi connectivity index (χ1v) is 9.68. The Morgan fingerprint density at radius 3 is 2.65 bits per heavy atom. The van der Waals surface area contributed by atoms with Crippen LogP contribution in [0.1, 0.15) is 27.7 Å². The number of aryl methyl sites for hydroxylation is 1. The van der Waals surface area contributed by atoms with E-state index in [0.29, 0.717) is 29.5 Å². The van der Waals surface area contributed by atoms with Crippen LogP contribution in [0.5, 0.6) is 5.75 Å². The van der Waals surface area contributed by atoms with Crippen molar-refractivity contribution < 1.29 is 9.53 Å². The molecule has 0 spiro atoms. The van der Waals surface area contributed by atoms with Crippen molar-refractivity contribution >= 4 is 34.5 Å². The molecule has 0 aliphatic rings. The summed E-state index contributed by atoms with van der Waals surface area (Å²) in [7, 11) is 0. The standard InChI is InChI=1S/C21H20ClNO2S/c1-3-25-20-9-5-4-8-18(20)21(24)23(14-17-7-6-12-26-17)16-11-10-15(2)19(22)13-16/h4-13H,3,14H2,1-2H3. The Balaban J connectivity index is 2.02. The summed E-state index contributed by atoms with van der Waals surface area (Å²) in [6.45, 7) is 4.84. The minimum Gasteiger partial charge on any atom is -0.493 e. The predicted molar refractivity (Wildman–Crippen MR) is 109 cm³/mol. The van der Waals surface area contributed by atoms with Gasteiger partial charge in [0.1, 0.15) is 5.75 Å². The molecule has 0 N–H and O–H groups in total. The molecular weight excluding hydrogens is 366 g/mol. The van der Waals surface area contributed by atoms with Crippen LogP contribution in [0, 0.1) is 6.92 Å². The van der Waals surface area contributed by atoms with Crippen molar-refractivity contribution in [1.82, 2.24) is 0 Å². The second kappa shape index (κ2) is 8.39. The number of anilines is 1. The highest BCUT2D eigenvalue weighted by atomic mass is 35.5. The number of amides is 1. The maximum absolute atomic E-state index is 13.4. The first-order chi connectivity index (χ1) is 12.6. The Morgan fingerprint density at radius 1 is 1.15 bits per heavy atom. The van der Waals surface area contributed by atoms with Crippen molar-refractivity contribution in [3.63, 3.8) is 0 Å². The third-order valence-electron chi connectivity index (χ3n) is 4.02. The zero-order valence-electron chi connectivity index (χ0n) is 14.7. The number of halogens is 1. The van der Waals surface area contributed by atoms with Gasteiger partial charge < -0.3 is 9.64 Å². The number of hydrogen-bond donors (Lipinski definition) is 0. The van der Waals surface area contributed by atoms with Gasteiger partial charge in [0, 0.05) is 15.6 Å². The second-order valence-electron chi connectivity index (χ2n) is 5.83. The Hall–Kier alpha value is -2.30. The lowest BCUT2D eigenvalue weighted by Gasteiger charge is -2.24. The van der Waals surface area contributed by atoms with Crippen LogP contribution in [0.15, 0.2) is 60.0 Å². The molecule has 0 saturated carbocycles. The average molecular weight is 386 g/mol. The molecule has 1 aromatic heterocycles. The Bertz CT molecular complexity index is 893. The molecule has 0 unspecified atom stereocenters. The number of carbonyl (C=O) groups is 1. The molecule has 0 saturated heterocycles. The van der Waals surface area contributed by atoms with Gasteiger partial charge in [0.2, 0.25) is 0 Å². The van der Waals surface area contributed by atoms with Gasteiger partial charge in [-0.05, 0) is 55.1 Å². The van der Waals surface area contributed by atoms with E-state index in [0.717, 1.165) is 16.1 Å². The van der Waals surface area contributed by atoms with Gasteiger partial charge in [-0.25, -0.2) is 0 Å². The molecule has 0 aliphatic carbocycles. The van der Waals surface area contributed by atoms with Crippen LogP contribution in [-0.2, 0) is 6.54 Å². The van der Waals surface area contributed by atoms with Gasteiger partial charge in [-0.15, -0.1) is 11.3 Å². The molecule has 3 aromatic rings. The highest BCUT2D eigenvalue weighted by Crippen LogP contribution is 2.29. The van der Waals surface area contributed by atoms with Crippen molar-refractivity contribution in [3.8, 4) is 5.75 Å². The fraction of sp³-hybridized carbons (Fsp3) is 0.190. The van der Waals surface area contributed by atoms with E-state index >= 15 is 0 Å². The van der Waals surface area contributed by atoms with E-state index in [-0.39, 0.29) is 5.91 Å². The monoisotopic (exact) mass is 385 g/mol. The molecule has 3 nitrogen and oxygen atoms in total. The molecule has 26 heavy (non-hydrogen) atoms. The number of hydrogen-bond acceptors (Lipinski definition) is 3. The van der Waals surface area contributed by atoms with Crippen molar-refractivity contribution in [2.24, 2.45) is 0 Å². The SMILES string of the molecule is CCOc1ccccc1C(=O)N(Cc1cccs1)c1ccc(C)c(Cl)c1. The molecule has 0 aliphatic heterocycles. The molecule has 3 rings (SSSR count). The van der Waals surface area contributed by atoms with Crippen molar-refractivity contribution in [3.05, 3.63) is 81.0 Å². The molecular formula is C21H20ClNO2S. The van der Waals surface area contributed by atoms with E-state index in [4.69, 9.17) is 16.3 Å². The zero-order chi connectivity index (χ0) is 18.5. The van der Waals surface area contributed by atoms with Crippen molar-refractivity contribution in [2.75, 3.05) is 11.5 Å². The Kier molecular flexibility index (Phi) is 5.96. The van der Waals surface area contributed by atoms with Crippen molar-refractivity contribution in [2.45, 2.75) is 20.4 Å². The summed E-state index contributed by atoms with van der Waals surface area (Å²) >= 11 is 7.93. The molecule has 2 aromatic carbocycles. The predicted octanol–water partition coefficient (Wildman–Crippen LogP) is 5.96. The number of para-hydroxylation sites is 1. The van der Waals surface area contributed by atoms with E-state index in [2.05, 4.69) is 0 Å². The summed E-state index contributed by atoms with van der Waals surface area (Å²) in [5, 5.41) is 2.65. The van der Waals surface area contributed by atoms with Gasteiger partial charge in [0.25, 0.3) is 5.91 Å². The fourth-order valence-corrected chi connectivity index (χ4v) is 3.53. The summed E-state index contributed by atoms with van der Waals surface area (Å²) in [6, 6.07) is 17.0. The van der Waals surface area contributed by atoms with Crippen LogP contribution < -0.4 is 9.64 Å². The highest BCUT2D eigenvalue weighted by Gasteiger charge is 2.22. The summed E-state index contributed by atoms with van der Waals surface area (Å²) in [6.07, 6.45) is 0. The number of carbonyl (C=O) groups excluding carboxylic acids is 1. The number of ether oxygens (including phenoxy) is 1. The molecule has 134 valence electrons. The third-order valence-corrected chi connectivity index (χ3v) is 5.29. The Morgan fingerprint density at radius 2 is 1.96 bits per heavy atom. The zero-order valence-corrected chi connectivity index (χ0v) is 16.3. The van der Waals surface area contributed by atoms with Gasteiger partial charge in [-0.2, -0.15) is 0 Å². The quantitative estimate of drug-likeness (QED) is 0.524. The summed E-state index contributed by atoms with van der Waals surface area (Å²) < 4.78 is 5.65. The molecule has 0 bridgehead atoms. The smallest absolute Gasteiger partial charge is 0.262 e. The van der Waals surface area contributed by atoms with E-state index in [1.807, 2.05) is 67.8 Å². The largest absolute Gasteiger partial charge is 0.493 e. The number of thiophene rings is 1. The van der Waals surface area contributed by atoms with Gasteiger partial charge in [0.15, 0.2) is 0 Å². The fourth-order valence-electron chi connectivity index (χ4n) is 2.66. The maximum Gasteiger partial charge on any atom is 0.262 e. The van der Waals surface area contributed by atoms with Gasteiger partial charge >= 0.3 is 0 Å². The van der Waals surface area contributed by atoms with Gasteiger partial charge in [0.05, 0.1) is 18.7 Å². The molecule has 0 atom stereocenters. The van der Waals surface area contributed by atoms with E-state index in [9.17, 15) is 4.79 Å². The van der Waals surface area contributed by atoms with Crippen molar-refractivity contribution in [1.29, 1.82) is 0 Å². The first kappa shape index (κ1) is 18.5. The Labute approximate surface area is 162 Å². The first-order valence-electron chi connectivity index (χ1n) is 8.42. The minimum atomic E-state index is -0.109. The van der Waals surface area contributed by atoms with Crippen LogP contribution in [-0.4, -0.2) is 12.5 Å². The topological polar surface area (TPSA) is 29.5 Å². The van der Waals surface area contributed by atoms with Crippen LogP contribution >= 0.6 is 22.9 Å². The van der Waals surface area contributed by atoms with Gasteiger partial charge in [-0.1, -0.05) is 35.9 Å². The number of benzene rings is 2. The van der Waals surface area contributed by atoms with Crippen LogP contribution in [0.2, 0.25) is 5.02 Å². The second-order valence-corrected chi connectivity index (χ2v) is 7.27. The van der Waals surface area contributed by atoms with Crippen LogP contribution in [0.4, 0.5) is 5.69 Å². The number of rotatable bonds is 6. The minimum absolute atomic E-state index is 0.109. The normalized spacial score (nSPS) is 10.6. The average Bonchev–Trinajstić information content (AvgIpc) is 3.16. The third kappa shape index (κ3) is 4.09. The summed E-state index contributed by atoms with van der Waals surface area (Å²) in [5.74, 6) is 0.483. The lowest BCUT2D eigenvalue weighted by molar-refractivity contribution is 0.0981. The molecule has 1 heterocycles. The lowest BCUT2D eigenvalue weighted by atomic mass is 10.1. The molecule has 0 fully saturated rings. The van der Waals surface area contributed by atoms with E-state index in [1.54, 1.807) is 22.3 Å². The van der Waals surface area contributed by atoms with E-state index in [1.165, 1.54) is 0 Å². The van der Waals surface area contributed by atoms with Crippen LogP contribution in [0.25, 0.3) is 0 Å². The molecule has 0 radical (unpaired) electrons. The maximum atomic E-state index is 13.4. The summed E-state index contributed by atoms with van der Waals surface area (Å²) in [5.41, 5.74) is 2.29. The van der Waals surface area contributed by atoms with Gasteiger partial charge in [-0.3, -0.25) is 4.79 Å². The highest BCUT2D eigenvalue weighted by molar-refractivity contribution is 7.09. The van der Waals surface area contributed by atoms with E-state index < -0.39 is 0 Å². The van der Waals surface area contributed by atoms with Crippen LogP contribution in [0.3, 0.4) is 0 Å².